The van der Waals surface area contributed by atoms with E-state index in [4.69, 9.17) is 5.10 Å². The molecular weight excluding hydrogens is 222 g/mol. The second kappa shape index (κ2) is 5.87. The van der Waals surface area contributed by atoms with Crippen molar-refractivity contribution < 1.29 is 0 Å². The molecule has 1 saturated carbocycles. The van der Waals surface area contributed by atoms with E-state index in [0.717, 1.165) is 19.0 Å². The summed E-state index contributed by atoms with van der Waals surface area (Å²) in [6.07, 6.45) is 6.24. The molecule has 1 aliphatic rings. The Labute approximate surface area is 111 Å². The van der Waals surface area contributed by atoms with Gasteiger partial charge in [-0.25, -0.2) is 0 Å². The van der Waals surface area contributed by atoms with E-state index in [1.807, 2.05) is 0 Å². The average Bonchev–Trinajstić information content (AvgIpc) is 3.12. The van der Waals surface area contributed by atoms with E-state index in [-0.39, 0.29) is 0 Å². The lowest BCUT2D eigenvalue weighted by Crippen LogP contribution is -2.28. The van der Waals surface area contributed by atoms with Gasteiger partial charge in [-0.15, -0.1) is 0 Å². The van der Waals surface area contributed by atoms with E-state index in [0.29, 0.717) is 6.04 Å². The maximum absolute atomic E-state index is 4.77. The smallest absolute Gasteiger partial charge is 0.0646 e. The molecule has 0 amide bonds. The first-order chi connectivity index (χ1) is 8.67. The number of aryl methyl sites for hydroxylation is 1. The Morgan fingerprint density at radius 1 is 1.33 bits per heavy atom. The van der Waals surface area contributed by atoms with Gasteiger partial charge in [0.05, 0.1) is 11.7 Å². The van der Waals surface area contributed by atoms with Crippen LogP contribution in [0.5, 0.6) is 0 Å². The van der Waals surface area contributed by atoms with Crippen molar-refractivity contribution in [3.05, 3.63) is 17.0 Å². The van der Waals surface area contributed by atoms with Crippen molar-refractivity contribution in [2.75, 3.05) is 6.54 Å². The first-order valence-corrected chi connectivity index (χ1v) is 7.45. The number of hydrogen-bond acceptors (Lipinski definition) is 2. The molecule has 0 spiro atoms. The Balaban J connectivity index is 2.12. The molecule has 3 nitrogen and oxygen atoms in total. The highest BCUT2D eigenvalue weighted by Gasteiger charge is 2.23. The summed E-state index contributed by atoms with van der Waals surface area (Å²) in [4.78, 5) is 0. The lowest BCUT2D eigenvalue weighted by atomic mass is 10.1. The predicted octanol–water partition coefficient (Wildman–Crippen LogP) is 3.16. The van der Waals surface area contributed by atoms with Crippen LogP contribution < -0.4 is 5.32 Å². The minimum absolute atomic E-state index is 0.523. The fourth-order valence-corrected chi connectivity index (χ4v) is 2.80. The Morgan fingerprint density at radius 3 is 2.56 bits per heavy atom. The normalized spacial score (nSPS) is 17.1. The second-order valence-electron chi connectivity index (χ2n) is 5.57. The van der Waals surface area contributed by atoms with Crippen LogP contribution in [-0.2, 0) is 6.42 Å². The Hall–Kier alpha value is -0.830. The van der Waals surface area contributed by atoms with Crippen molar-refractivity contribution in [3.8, 4) is 0 Å². The quantitative estimate of drug-likeness (QED) is 0.804. The van der Waals surface area contributed by atoms with Crippen LogP contribution in [0.4, 0.5) is 0 Å². The van der Waals surface area contributed by atoms with E-state index in [9.17, 15) is 0 Å². The van der Waals surface area contributed by atoms with Crippen LogP contribution in [-0.4, -0.2) is 22.4 Å². The number of aromatic nitrogens is 2. The standard InChI is InChI=1S/C15H27N3/c1-5-7-14(10-16-13-8-9-13)18-12(4)15(6-2)11(3)17-18/h13-14,16H,5-10H2,1-4H3. The largest absolute Gasteiger partial charge is 0.312 e. The Kier molecular flexibility index (Phi) is 4.44. The molecule has 0 bridgehead atoms. The SMILES string of the molecule is CCCC(CNC1CC1)n1nc(C)c(CC)c1C. The molecule has 1 aliphatic carbocycles. The molecule has 0 radical (unpaired) electrons. The van der Waals surface area contributed by atoms with Crippen molar-refractivity contribution in [3.63, 3.8) is 0 Å². The van der Waals surface area contributed by atoms with Crippen molar-refractivity contribution in [2.24, 2.45) is 0 Å². The number of rotatable bonds is 7. The monoisotopic (exact) mass is 249 g/mol. The third-order valence-corrected chi connectivity index (χ3v) is 4.02. The van der Waals surface area contributed by atoms with Gasteiger partial charge >= 0.3 is 0 Å². The van der Waals surface area contributed by atoms with Crippen molar-refractivity contribution in [1.82, 2.24) is 15.1 Å². The lowest BCUT2D eigenvalue weighted by Gasteiger charge is -2.19. The van der Waals surface area contributed by atoms with Gasteiger partial charge in [0, 0.05) is 18.3 Å². The molecule has 2 rings (SSSR count). The maximum atomic E-state index is 4.77. The van der Waals surface area contributed by atoms with Crippen LogP contribution in [0, 0.1) is 13.8 Å². The minimum Gasteiger partial charge on any atom is -0.312 e. The molecule has 1 N–H and O–H groups in total. The molecule has 1 atom stereocenters. The van der Waals surface area contributed by atoms with Gasteiger partial charge in [-0.3, -0.25) is 4.68 Å². The van der Waals surface area contributed by atoms with Crippen molar-refractivity contribution in [1.29, 1.82) is 0 Å². The van der Waals surface area contributed by atoms with Gasteiger partial charge in [0.1, 0.15) is 0 Å². The Morgan fingerprint density at radius 2 is 2.06 bits per heavy atom. The highest BCUT2D eigenvalue weighted by Crippen LogP contribution is 2.23. The van der Waals surface area contributed by atoms with Crippen LogP contribution in [0.25, 0.3) is 0 Å². The molecule has 102 valence electrons. The Bertz CT molecular complexity index is 391. The first kappa shape index (κ1) is 13.6. The fourth-order valence-electron chi connectivity index (χ4n) is 2.80. The highest BCUT2D eigenvalue weighted by molar-refractivity contribution is 5.24. The van der Waals surface area contributed by atoms with Gasteiger partial charge in [0.15, 0.2) is 0 Å². The van der Waals surface area contributed by atoms with Crippen LogP contribution in [0.15, 0.2) is 0 Å². The number of nitrogens with zero attached hydrogens (tertiary/aromatic N) is 2. The average molecular weight is 249 g/mol. The molecule has 18 heavy (non-hydrogen) atoms. The van der Waals surface area contributed by atoms with Gasteiger partial charge in [0.25, 0.3) is 0 Å². The molecule has 1 aromatic heterocycles. The van der Waals surface area contributed by atoms with Gasteiger partial charge in [-0.2, -0.15) is 5.10 Å². The van der Waals surface area contributed by atoms with Gasteiger partial charge < -0.3 is 5.32 Å². The summed E-state index contributed by atoms with van der Waals surface area (Å²) in [5.74, 6) is 0. The summed E-state index contributed by atoms with van der Waals surface area (Å²) < 4.78 is 2.27. The minimum atomic E-state index is 0.523. The summed E-state index contributed by atoms with van der Waals surface area (Å²) in [5, 5.41) is 8.43. The van der Waals surface area contributed by atoms with Crippen LogP contribution in [0.3, 0.4) is 0 Å². The molecule has 1 heterocycles. The molecule has 0 saturated heterocycles. The third kappa shape index (κ3) is 2.94. The van der Waals surface area contributed by atoms with Crippen LogP contribution >= 0.6 is 0 Å². The maximum Gasteiger partial charge on any atom is 0.0646 e. The molecule has 0 aromatic carbocycles. The van der Waals surface area contributed by atoms with E-state index in [1.165, 1.54) is 42.6 Å². The third-order valence-electron chi connectivity index (χ3n) is 4.02. The van der Waals surface area contributed by atoms with Crippen molar-refractivity contribution >= 4 is 0 Å². The summed E-state index contributed by atoms with van der Waals surface area (Å²) in [7, 11) is 0. The lowest BCUT2D eigenvalue weighted by molar-refractivity contribution is 0.386. The van der Waals surface area contributed by atoms with E-state index in [2.05, 4.69) is 37.7 Å². The molecule has 3 heteroatoms. The highest BCUT2D eigenvalue weighted by atomic mass is 15.3. The molecule has 1 aromatic rings. The fraction of sp³-hybridized carbons (Fsp3) is 0.800. The molecule has 1 fully saturated rings. The van der Waals surface area contributed by atoms with Gasteiger partial charge in [-0.05, 0) is 45.1 Å². The van der Waals surface area contributed by atoms with E-state index >= 15 is 0 Å². The number of hydrogen-bond donors (Lipinski definition) is 1. The molecule has 1 unspecified atom stereocenters. The summed E-state index contributed by atoms with van der Waals surface area (Å²) in [5.41, 5.74) is 4.01. The zero-order valence-electron chi connectivity index (χ0n) is 12.3. The van der Waals surface area contributed by atoms with Crippen molar-refractivity contribution in [2.45, 2.75) is 71.9 Å². The van der Waals surface area contributed by atoms with Crippen LogP contribution in [0.1, 0.15) is 62.5 Å². The van der Waals surface area contributed by atoms with Gasteiger partial charge in [0.2, 0.25) is 0 Å². The second-order valence-corrected chi connectivity index (χ2v) is 5.57. The van der Waals surface area contributed by atoms with Gasteiger partial charge in [-0.1, -0.05) is 20.3 Å². The topological polar surface area (TPSA) is 29.9 Å². The first-order valence-electron chi connectivity index (χ1n) is 7.45. The van der Waals surface area contributed by atoms with E-state index in [1.54, 1.807) is 0 Å². The summed E-state index contributed by atoms with van der Waals surface area (Å²) in [6.45, 7) is 9.91. The summed E-state index contributed by atoms with van der Waals surface area (Å²) >= 11 is 0. The zero-order chi connectivity index (χ0) is 13.1. The molecular formula is C15H27N3. The predicted molar refractivity (Wildman–Crippen MR) is 76.0 cm³/mol. The van der Waals surface area contributed by atoms with Crippen LogP contribution in [0.2, 0.25) is 0 Å². The molecule has 0 aliphatic heterocycles. The zero-order valence-corrected chi connectivity index (χ0v) is 12.3. The van der Waals surface area contributed by atoms with E-state index < -0.39 is 0 Å². The summed E-state index contributed by atoms with van der Waals surface area (Å²) in [6, 6.07) is 1.31. The number of nitrogens with one attached hydrogen (secondary N) is 1.